The first kappa shape index (κ1) is 25.4. The molecule has 1 aliphatic rings. The summed E-state index contributed by atoms with van der Waals surface area (Å²) in [6, 6.07) is 12.8. The molecule has 1 aliphatic heterocycles. The van der Waals surface area contributed by atoms with Crippen LogP contribution in [0.15, 0.2) is 48.7 Å². The number of nitrogens with zero attached hydrogens (tertiary/aromatic N) is 3. The van der Waals surface area contributed by atoms with Crippen LogP contribution in [0, 0.1) is 6.92 Å². The molecule has 3 heterocycles. The van der Waals surface area contributed by atoms with E-state index in [-0.39, 0.29) is 6.04 Å². The van der Waals surface area contributed by atoms with Gasteiger partial charge in [0.05, 0.1) is 16.4 Å². The van der Waals surface area contributed by atoms with Crippen LogP contribution in [0.3, 0.4) is 0 Å². The number of nitrogens with one attached hydrogen (secondary N) is 3. The Morgan fingerprint density at radius 3 is 2.81 bits per heavy atom. The van der Waals surface area contributed by atoms with Crippen molar-refractivity contribution in [1.29, 1.82) is 0 Å². The molecule has 194 valence electrons. The maximum atomic E-state index is 12.7. The number of halogens is 2. The van der Waals surface area contributed by atoms with E-state index in [1.54, 1.807) is 18.3 Å². The molecule has 0 aliphatic carbocycles. The number of thiazole rings is 1. The number of aromatic nitrogens is 3. The van der Waals surface area contributed by atoms with Gasteiger partial charge in [-0.15, -0.1) is 11.3 Å². The Bertz CT molecular complexity index is 1410. The number of hydrogen-bond acceptors (Lipinski definition) is 8. The highest BCUT2D eigenvalue weighted by atomic mass is 32.2. The smallest absolute Gasteiger partial charge is 0.251 e. The Balaban J connectivity index is 1.42. The van der Waals surface area contributed by atoms with Gasteiger partial charge in [-0.3, -0.25) is 0 Å². The zero-order valence-corrected chi connectivity index (χ0v) is 21.7. The molecule has 3 N–H and O–H groups in total. The summed E-state index contributed by atoms with van der Waals surface area (Å²) in [5, 5.41) is 9.03. The second kappa shape index (κ2) is 11.4. The zero-order chi connectivity index (χ0) is 25.8. The van der Waals surface area contributed by atoms with Crippen LogP contribution >= 0.6 is 11.3 Å². The molecule has 0 bridgehead atoms. The highest BCUT2D eigenvalue weighted by Gasteiger charge is 2.19. The van der Waals surface area contributed by atoms with E-state index in [1.807, 2.05) is 37.3 Å². The Labute approximate surface area is 219 Å². The molecular formula is C25H26F2N6O2S2. The molecule has 5 rings (SSSR count). The Hall–Kier alpha value is -3.22. The molecule has 0 spiro atoms. The van der Waals surface area contributed by atoms with Crippen molar-refractivity contribution in [2.24, 2.45) is 0 Å². The standard InChI is InChI=1S/C25H26F2N6O2S2/c1-15-30-24(23(36-15)20-10-12-29-25(32-20)31-16-5-4-11-28-13-16)35-21-9-8-19(33-37(34)14-22(26)27)17-6-2-3-7-18(17)21/h2-3,6-10,12,16,22,28,33H,4-5,11,13-14H2,1H3,(H,29,31,32). The zero-order valence-electron chi connectivity index (χ0n) is 20.0. The topological polar surface area (TPSA) is 101 Å². The summed E-state index contributed by atoms with van der Waals surface area (Å²) in [4.78, 5) is 14.5. The normalized spacial score (nSPS) is 16.6. The number of piperidine rings is 1. The number of hydrogen-bond donors (Lipinski definition) is 3. The molecule has 4 aromatic rings. The van der Waals surface area contributed by atoms with E-state index < -0.39 is 23.2 Å². The second-order valence-electron chi connectivity index (χ2n) is 8.58. The van der Waals surface area contributed by atoms with E-state index in [2.05, 4.69) is 25.3 Å². The molecule has 2 atom stereocenters. The number of alkyl halides is 2. The summed E-state index contributed by atoms with van der Waals surface area (Å²) < 4.78 is 46.4. The fraction of sp³-hybridized carbons (Fsp3) is 0.320. The summed E-state index contributed by atoms with van der Waals surface area (Å²) in [6.45, 7) is 3.80. The monoisotopic (exact) mass is 544 g/mol. The molecule has 8 nitrogen and oxygen atoms in total. The second-order valence-corrected chi connectivity index (χ2v) is 11.0. The van der Waals surface area contributed by atoms with Crippen LogP contribution in [0.1, 0.15) is 17.8 Å². The molecule has 0 radical (unpaired) electrons. The minimum absolute atomic E-state index is 0.274. The third-order valence-corrected chi connectivity index (χ3v) is 7.79. The maximum absolute atomic E-state index is 12.7. The van der Waals surface area contributed by atoms with Gasteiger partial charge in [-0.2, -0.15) is 0 Å². The maximum Gasteiger partial charge on any atom is 0.251 e. The predicted octanol–water partition coefficient (Wildman–Crippen LogP) is 5.36. The average Bonchev–Trinajstić information content (AvgIpc) is 3.26. The molecule has 37 heavy (non-hydrogen) atoms. The minimum Gasteiger partial charge on any atom is -0.437 e. The lowest BCUT2D eigenvalue weighted by atomic mass is 10.1. The van der Waals surface area contributed by atoms with Crippen LogP contribution in [0.25, 0.3) is 21.3 Å². The lowest BCUT2D eigenvalue weighted by Crippen LogP contribution is -2.38. The fourth-order valence-electron chi connectivity index (χ4n) is 4.18. The molecule has 2 aromatic heterocycles. The highest BCUT2D eigenvalue weighted by molar-refractivity contribution is 7.86. The summed E-state index contributed by atoms with van der Waals surface area (Å²) in [6.07, 6.45) is 1.22. The largest absolute Gasteiger partial charge is 0.437 e. The van der Waals surface area contributed by atoms with Crippen LogP contribution in [-0.4, -0.2) is 50.5 Å². The Kier molecular flexibility index (Phi) is 7.87. The number of anilines is 2. The van der Waals surface area contributed by atoms with Gasteiger partial charge in [0, 0.05) is 29.6 Å². The number of fused-ring (bicyclic) bond motifs is 1. The molecular weight excluding hydrogens is 518 g/mol. The van der Waals surface area contributed by atoms with E-state index in [0.717, 1.165) is 41.2 Å². The number of rotatable bonds is 9. The van der Waals surface area contributed by atoms with Crippen LogP contribution in [0.4, 0.5) is 20.4 Å². The summed E-state index contributed by atoms with van der Waals surface area (Å²) in [5.74, 6) is 0.758. The van der Waals surface area contributed by atoms with E-state index in [9.17, 15) is 13.0 Å². The van der Waals surface area contributed by atoms with E-state index in [0.29, 0.717) is 34.3 Å². The first-order valence-corrected chi connectivity index (χ1v) is 14.0. The Morgan fingerprint density at radius 2 is 2.03 bits per heavy atom. The molecule has 1 saturated heterocycles. The Morgan fingerprint density at radius 1 is 1.19 bits per heavy atom. The highest BCUT2D eigenvalue weighted by Crippen LogP contribution is 2.40. The van der Waals surface area contributed by atoms with Crippen molar-refractivity contribution >= 4 is 44.7 Å². The van der Waals surface area contributed by atoms with Crippen molar-refractivity contribution in [2.75, 3.05) is 28.9 Å². The summed E-state index contributed by atoms with van der Waals surface area (Å²) in [7, 11) is -1.91. The van der Waals surface area contributed by atoms with Gasteiger partial charge in [-0.25, -0.2) is 27.9 Å². The number of aryl methyl sites for hydroxylation is 1. The van der Waals surface area contributed by atoms with Crippen molar-refractivity contribution in [3.8, 4) is 22.2 Å². The molecule has 2 aromatic carbocycles. The summed E-state index contributed by atoms with van der Waals surface area (Å²) >= 11 is 1.47. The van der Waals surface area contributed by atoms with E-state index >= 15 is 0 Å². The number of ether oxygens (including phenoxy) is 1. The van der Waals surface area contributed by atoms with Crippen LogP contribution < -0.4 is 20.1 Å². The molecule has 0 amide bonds. The first-order chi connectivity index (χ1) is 18.0. The molecule has 0 saturated carbocycles. The SMILES string of the molecule is Cc1nc(Oc2ccc(NS(=O)CC(F)F)c3ccccc23)c(-c2ccnc(NC3CCCNC3)n2)s1. The van der Waals surface area contributed by atoms with Crippen LogP contribution in [0.2, 0.25) is 0 Å². The van der Waals surface area contributed by atoms with Gasteiger partial charge in [-0.05, 0) is 44.5 Å². The van der Waals surface area contributed by atoms with Gasteiger partial charge in [0.2, 0.25) is 11.8 Å². The van der Waals surface area contributed by atoms with Gasteiger partial charge >= 0.3 is 0 Å². The molecule has 12 heteroatoms. The fourth-order valence-corrected chi connectivity index (χ4v) is 5.74. The van der Waals surface area contributed by atoms with Crippen molar-refractivity contribution in [1.82, 2.24) is 20.3 Å². The van der Waals surface area contributed by atoms with Crippen molar-refractivity contribution < 1.29 is 17.7 Å². The van der Waals surface area contributed by atoms with Gasteiger partial charge < -0.3 is 20.1 Å². The van der Waals surface area contributed by atoms with Crippen molar-refractivity contribution in [3.05, 3.63) is 53.7 Å². The van der Waals surface area contributed by atoms with E-state index in [4.69, 9.17) is 9.72 Å². The first-order valence-electron chi connectivity index (χ1n) is 11.9. The predicted molar refractivity (Wildman–Crippen MR) is 144 cm³/mol. The lowest BCUT2D eigenvalue weighted by Gasteiger charge is -2.23. The third kappa shape index (κ3) is 6.20. The quantitative estimate of drug-likeness (QED) is 0.261. The summed E-state index contributed by atoms with van der Waals surface area (Å²) in [5.41, 5.74) is 1.19. The van der Waals surface area contributed by atoms with Gasteiger partial charge in [-0.1, -0.05) is 24.3 Å². The third-order valence-electron chi connectivity index (χ3n) is 5.81. The van der Waals surface area contributed by atoms with Gasteiger partial charge in [0.15, 0.2) is 0 Å². The lowest BCUT2D eigenvalue weighted by molar-refractivity contribution is 0.175. The average molecular weight is 545 g/mol. The number of benzene rings is 2. The van der Waals surface area contributed by atoms with E-state index in [1.165, 1.54) is 11.3 Å². The van der Waals surface area contributed by atoms with Crippen molar-refractivity contribution in [2.45, 2.75) is 32.2 Å². The van der Waals surface area contributed by atoms with Crippen LogP contribution in [0.5, 0.6) is 11.6 Å². The molecule has 2 unspecified atom stereocenters. The van der Waals surface area contributed by atoms with Crippen LogP contribution in [-0.2, 0) is 11.0 Å². The minimum atomic E-state index is -2.66. The molecule has 1 fully saturated rings. The van der Waals surface area contributed by atoms with Gasteiger partial charge in [0.1, 0.15) is 27.4 Å². The van der Waals surface area contributed by atoms with Gasteiger partial charge in [0.25, 0.3) is 6.43 Å². The van der Waals surface area contributed by atoms with Crippen molar-refractivity contribution in [3.63, 3.8) is 0 Å².